The van der Waals surface area contributed by atoms with E-state index in [-0.39, 0.29) is 43.7 Å². The molecule has 82 heavy (non-hydrogen) atoms. The van der Waals surface area contributed by atoms with Crippen molar-refractivity contribution in [1.82, 2.24) is 0 Å². The van der Waals surface area contributed by atoms with E-state index in [1.165, 1.54) is 5.57 Å². The van der Waals surface area contributed by atoms with Crippen LogP contribution in [-0.4, -0.2) is 162 Å². The van der Waals surface area contributed by atoms with E-state index < -0.39 is 122 Å². The third-order valence-corrected chi connectivity index (χ3v) is 13.8. The average Bonchev–Trinajstić information content (AvgIpc) is 3.60. The van der Waals surface area contributed by atoms with Crippen LogP contribution in [0.3, 0.4) is 0 Å². The zero-order valence-corrected chi connectivity index (χ0v) is 50.0. The smallest absolute Gasteiger partial charge is 0.307 e. The Bertz CT molecular complexity index is 2510. The molecule has 2 rings (SSSR count). The Morgan fingerprint density at radius 1 is 0.524 bits per heavy atom. The van der Waals surface area contributed by atoms with Crippen molar-refractivity contribution in [2.24, 2.45) is 10.8 Å². The van der Waals surface area contributed by atoms with Crippen LogP contribution in [0.5, 0.6) is 0 Å². The number of ketones is 2. The predicted molar refractivity (Wildman–Crippen MR) is 310 cm³/mol. The number of aliphatic hydroxyl groups excluding tert-OH is 9. The second-order valence-electron chi connectivity index (χ2n) is 21.8. The van der Waals surface area contributed by atoms with Gasteiger partial charge < -0.3 is 64.9 Å². The van der Waals surface area contributed by atoms with Crippen molar-refractivity contribution in [2.75, 3.05) is 19.8 Å². The summed E-state index contributed by atoms with van der Waals surface area (Å²) >= 11 is 0. The lowest BCUT2D eigenvalue weighted by Crippen LogP contribution is -2.47. The van der Waals surface area contributed by atoms with Gasteiger partial charge in [0.05, 0.1) is 38.4 Å². The first kappa shape index (κ1) is 74.0. The molecule has 2 aliphatic carbocycles. The van der Waals surface area contributed by atoms with Crippen molar-refractivity contribution < 1.29 is 93.7 Å². The molecule has 0 aromatic carbocycles. The second-order valence-corrected chi connectivity index (χ2v) is 21.8. The second kappa shape index (κ2) is 36.6. The number of aliphatic hydroxyl groups is 9. The zero-order chi connectivity index (χ0) is 62.7. The van der Waals surface area contributed by atoms with Crippen LogP contribution < -0.4 is 0 Å². The molecule has 9 N–H and O–H groups in total. The number of hydrogen-bond acceptors (Lipinski definition) is 19. The minimum Gasteiger partial charge on any atom is -0.463 e. The fourth-order valence-corrected chi connectivity index (χ4v) is 8.51. The molecule has 0 aromatic rings. The Kier molecular flexibility index (Phi) is 33.0. The first-order valence-electron chi connectivity index (χ1n) is 27.5. The van der Waals surface area contributed by atoms with E-state index in [0.717, 1.165) is 27.9 Å². The third-order valence-electron chi connectivity index (χ3n) is 13.8. The minimum absolute atomic E-state index is 0.163. The highest BCUT2D eigenvalue weighted by molar-refractivity contribution is 6.02. The SMILES string of the molecule is C/C=C(C)/C=C/C1=C(C)C(=O)C(OC(=O)CCC(=O)OCC(O)C(O)C(O)C(O)CC)CC1(C)C.C/C=C/C(C)=C/C=C/C=C(C)/C=C/C=C(C)/C=C/C1=C(C)C(=O)C(OC(=O)CCC(=O)OCC(O)C(O)C(O)C(O)CO)CC1(C)C. The molecule has 0 saturated heterocycles. The zero-order valence-electron chi connectivity index (χ0n) is 50.0. The van der Waals surface area contributed by atoms with Crippen LogP contribution in [0.15, 0.2) is 130 Å². The van der Waals surface area contributed by atoms with Crippen LogP contribution in [0.2, 0.25) is 0 Å². The van der Waals surface area contributed by atoms with Crippen molar-refractivity contribution in [3.05, 3.63) is 130 Å². The van der Waals surface area contributed by atoms with Gasteiger partial charge in [0.2, 0.25) is 0 Å². The van der Waals surface area contributed by atoms with Gasteiger partial charge >= 0.3 is 23.9 Å². The number of allylic oxidation sites excluding steroid dienone is 20. The van der Waals surface area contributed by atoms with Gasteiger partial charge in [0.15, 0.2) is 23.8 Å². The van der Waals surface area contributed by atoms with E-state index in [2.05, 4.69) is 0 Å². The van der Waals surface area contributed by atoms with Crippen LogP contribution in [0, 0.1) is 10.8 Å². The van der Waals surface area contributed by atoms with E-state index in [9.17, 15) is 69.6 Å². The summed E-state index contributed by atoms with van der Waals surface area (Å²) in [5, 5.41) is 86.4. The van der Waals surface area contributed by atoms with Crippen molar-refractivity contribution in [1.29, 1.82) is 0 Å². The summed E-state index contributed by atoms with van der Waals surface area (Å²) in [6, 6.07) is 0. The lowest BCUT2D eigenvalue weighted by molar-refractivity contribution is -0.161. The summed E-state index contributed by atoms with van der Waals surface area (Å²) in [5.74, 6) is -3.79. The summed E-state index contributed by atoms with van der Waals surface area (Å²) in [4.78, 5) is 74.7. The van der Waals surface area contributed by atoms with Crippen LogP contribution in [0.25, 0.3) is 0 Å². The van der Waals surface area contributed by atoms with Gasteiger partial charge in [-0.05, 0) is 94.9 Å². The number of rotatable bonds is 29. The highest BCUT2D eigenvalue weighted by Crippen LogP contribution is 2.42. The number of esters is 4. The van der Waals surface area contributed by atoms with Gasteiger partial charge in [0, 0.05) is 12.8 Å². The fourth-order valence-electron chi connectivity index (χ4n) is 8.51. The summed E-state index contributed by atoms with van der Waals surface area (Å²) in [7, 11) is 0. The Morgan fingerprint density at radius 2 is 0.878 bits per heavy atom. The summed E-state index contributed by atoms with van der Waals surface area (Å²) in [6.07, 6.45) is 11.7. The molecule has 0 heterocycles. The van der Waals surface area contributed by atoms with Crippen LogP contribution in [0.1, 0.15) is 135 Å². The number of carbonyl (C=O) groups is 6. The molecule has 0 bridgehead atoms. The molecule has 10 unspecified atom stereocenters. The maximum Gasteiger partial charge on any atom is 0.307 e. The lowest BCUT2D eigenvalue weighted by atomic mass is 9.71. The van der Waals surface area contributed by atoms with Crippen LogP contribution in [-0.2, 0) is 47.7 Å². The molecule has 0 amide bonds. The van der Waals surface area contributed by atoms with E-state index in [1.54, 1.807) is 20.8 Å². The molecule has 0 radical (unpaired) electrons. The fraction of sp³-hybridized carbons (Fsp3) is 0.556. The molecule has 0 spiro atoms. The molecule has 458 valence electrons. The highest BCUT2D eigenvalue weighted by atomic mass is 16.6. The maximum absolute atomic E-state index is 13.1. The van der Waals surface area contributed by atoms with Gasteiger partial charge in [-0.25, -0.2) is 0 Å². The van der Waals surface area contributed by atoms with E-state index >= 15 is 0 Å². The first-order valence-corrected chi connectivity index (χ1v) is 27.5. The number of ether oxygens (including phenoxy) is 4. The van der Waals surface area contributed by atoms with E-state index in [0.29, 0.717) is 17.6 Å². The van der Waals surface area contributed by atoms with Crippen molar-refractivity contribution in [2.45, 2.75) is 196 Å². The standard InChI is InChI=1S/C37H52O10.C26H40O9/c1-8-12-24(2)13-9-10-14-25(3)15-11-16-26(4)17-18-28-27(5)34(43)31(21-37(28,6)7)47-33(42)20-19-32(41)46-23-30(40)36(45)35(44)29(39)22-38;1-7-15(3)9-10-17-16(4)23(31)20(13-26(17,5)6)35-22(30)12-11-21(29)34-14-19(28)25(33)24(32)18(27)8-2/h8-18,29-31,35-36,38-40,44-45H,19-23H2,1-7H3;7,9-10,18-20,24-25,27-28,32-33H,8,11-14H2,1-6H3/b10-9+,12-8+,15-11+,18-17+,24-13+,25-14+,26-16+;10-9+,15-7+. The summed E-state index contributed by atoms with van der Waals surface area (Å²) < 4.78 is 20.5. The Hall–Kier alpha value is -6.00. The lowest BCUT2D eigenvalue weighted by Gasteiger charge is -2.36. The molecule has 0 saturated carbocycles. The van der Waals surface area contributed by atoms with Gasteiger partial charge in [-0.2, -0.15) is 0 Å². The topological polar surface area (TPSA) is 321 Å². The molecule has 0 aromatic heterocycles. The van der Waals surface area contributed by atoms with Gasteiger partial charge in [-0.1, -0.05) is 142 Å². The largest absolute Gasteiger partial charge is 0.463 e. The molecule has 0 fully saturated rings. The Balaban J connectivity index is 0.000000856. The van der Waals surface area contributed by atoms with Crippen LogP contribution in [0.4, 0.5) is 0 Å². The number of carbonyl (C=O) groups excluding carboxylic acids is 6. The molecule has 2 aliphatic rings. The molecular weight excluding hydrogens is 1060 g/mol. The molecular formula is C63H92O19. The Labute approximate surface area is 483 Å². The number of hydrogen-bond donors (Lipinski definition) is 9. The predicted octanol–water partition coefficient (Wildman–Crippen LogP) is 5.97. The quantitative estimate of drug-likeness (QED) is 0.0237. The molecule has 10 atom stereocenters. The highest BCUT2D eigenvalue weighted by Gasteiger charge is 2.41. The van der Waals surface area contributed by atoms with Gasteiger partial charge in [0.25, 0.3) is 0 Å². The normalized spacial score (nSPS) is 21.3. The molecule has 0 aliphatic heterocycles. The maximum atomic E-state index is 13.1. The molecule has 19 heteroatoms. The number of Topliss-reactive ketones (excluding diaryl/α,β-unsaturated/α-hetero) is 2. The van der Waals surface area contributed by atoms with Crippen molar-refractivity contribution in [3.8, 4) is 0 Å². The third kappa shape index (κ3) is 25.6. The summed E-state index contributed by atoms with van der Waals surface area (Å²) in [6.45, 7) is 22.6. The first-order chi connectivity index (χ1) is 38.3. The van der Waals surface area contributed by atoms with Gasteiger partial charge in [-0.3, -0.25) is 28.8 Å². The van der Waals surface area contributed by atoms with Gasteiger partial charge in [0.1, 0.15) is 55.9 Å². The summed E-state index contributed by atoms with van der Waals surface area (Å²) in [5.41, 5.74) is 6.17. The minimum atomic E-state index is -1.88. The van der Waals surface area contributed by atoms with E-state index in [1.807, 2.05) is 154 Å². The Morgan fingerprint density at radius 3 is 1.27 bits per heavy atom. The average molecular weight is 1150 g/mol. The molecule has 19 nitrogen and oxygen atoms in total. The van der Waals surface area contributed by atoms with Crippen molar-refractivity contribution in [3.63, 3.8) is 0 Å². The van der Waals surface area contributed by atoms with Crippen LogP contribution >= 0.6 is 0 Å². The van der Waals surface area contributed by atoms with Gasteiger partial charge in [-0.15, -0.1) is 0 Å². The monoisotopic (exact) mass is 1150 g/mol. The van der Waals surface area contributed by atoms with E-state index in [4.69, 9.17) is 24.1 Å². The van der Waals surface area contributed by atoms with Crippen molar-refractivity contribution >= 4 is 35.4 Å².